The summed E-state index contributed by atoms with van der Waals surface area (Å²) in [5.41, 5.74) is 2.54. The average molecular weight is 237 g/mol. The van der Waals surface area contributed by atoms with E-state index in [1.54, 1.807) is 17.6 Å². The monoisotopic (exact) mass is 237 g/mol. The predicted molar refractivity (Wildman–Crippen MR) is 65.7 cm³/mol. The quantitative estimate of drug-likeness (QED) is 0.633. The van der Waals surface area contributed by atoms with E-state index >= 15 is 0 Å². The van der Waals surface area contributed by atoms with E-state index in [0.717, 1.165) is 18.0 Å². The fourth-order valence-corrected chi connectivity index (χ4v) is 2.30. The molecule has 1 saturated heterocycles. The van der Waals surface area contributed by atoms with E-state index in [9.17, 15) is 4.79 Å². The zero-order valence-electron chi connectivity index (χ0n) is 9.06. The molecule has 1 aromatic rings. The second kappa shape index (κ2) is 5.77. The van der Waals surface area contributed by atoms with Gasteiger partial charge in [-0.2, -0.15) is 5.10 Å². The van der Waals surface area contributed by atoms with Crippen LogP contribution >= 0.6 is 11.3 Å². The number of carbonyl (C=O) groups excluding carboxylic acids is 1. The van der Waals surface area contributed by atoms with Gasteiger partial charge in [0.25, 0.3) is 5.91 Å². The molecule has 0 saturated carbocycles. The molecule has 2 rings (SSSR count). The average Bonchev–Trinajstić information content (AvgIpc) is 2.90. The summed E-state index contributed by atoms with van der Waals surface area (Å²) in [5.74, 6) is -0.0327. The van der Waals surface area contributed by atoms with Crippen LogP contribution in [0.1, 0.15) is 17.7 Å². The minimum absolute atomic E-state index is 0.0327. The Balaban J connectivity index is 1.71. The van der Waals surface area contributed by atoms with E-state index in [1.807, 2.05) is 17.5 Å². The van der Waals surface area contributed by atoms with Crippen LogP contribution in [0.3, 0.4) is 0 Å². The van der Waals surface area contributed by atoms with Gasteiger partial charge < -0.3 is 0 Å². The minimum Gasteiger partial charge on any atom is -0.294 e. The Kier molecular flexibility index (Phi) is 4.07. The lowest BCUT2D eigenvalue weighted by Gasteiger charge is -2.11. The third kappa shape index (κ3) is 3.43. The predicted octanol–water partition coefficient (Wildman–Crippen LogP) is 1.29. The molecular weight excluding hydrogens is 222 g/mol. The fourth-order valence-electron chi connectivity index (χ4n) is 1.71. The maximum atomic E-state index is 11.5. The highest BCUT2D eigenvalue weighted by Crippen LogP contribution is 2.06. The second-order valence-corrected chi connectivity index (χ2v) is 4.77. The molecule has 0 unspecified atom stereocenters. The summed E-state index contributed by atoms with van der Waals surface area (Å²) in [7, 11) is 0. The number of likely N-dealkylation sites (tertiary alicyclic amines) is 1. The summed E-state index contributed by atoms with van der Waals surface area (Å²) >= 11 is 1.60. The van der Waals surface area contributed by atoms with Gasteiger partial charge in [-0.25, -0.2) is 5.43 Å². The number of carbonyl (C=O) groups is 1. The molecule has 16 heavy (non-hydrogen) atoms. The van der Waals surface area contributed by atoms with Crippen LogP contribution in [0.25, 0.3) is 0 Å². The lowest BCUT2D eigenvalue weighted by atomic mass is 10.4. The van der Waals surface area contributed by atoms with Crippen molar-refractivity contribution < 1.29 is 4.79 Å². The lowest BCUT2D eigenvalue weighted by molar-refractivity contribution is -0.121. The number of nitrogens with zero attached hydrogens (tertiary/aromatic N) is 2. The van der Waals surface area contributed by atoms with Crippen molar-refractivity contribution in [3.8, 4) is 0 Å². The fraction of sp³-hybridized carbons (Fsp3) is 0.455. The summed E-state index contributed by atoms with van der Waals surface area (Å²) in [6, 6.07) is 3.92. The molecule has 5 heteroatoms. The molecule has 0 radical (unpaired) electrons. The Morgan fingerprint density at radius 2 is 2.38 bits per heavy atom. The van der Waals surface area contributed by atoms with Gasteiger partial charge in [-0.15, -0.1) is 11.3 Å². The third-order valence-corrected chi connectivity index (χ3v) is 3.30. The first-order valence-corrected chi connectivity index (χ1v) is 6.30. The van der Waals surface area contributed by atoms with Crippen LogP contribution in [-0.4, -0.2) is 36.7 Å². The van der Waals surface area contributed by atoms with Gasteiger partial charge in [0.1, 0.15) is 0 Å². The van der Waals surface area contributed by atoms with Crippen molar-refractivity contribution in [2.24, 2.45) is 5.10 Å². The molecule has 1 N–H and O–H groups in total. The van der Waals surface area contributed by atoms with E-state index in [2.05, 4.69) is 15.4 Å². The van der Waals surface area contributed by atoms with Crippen LogP contribution in [0.5, 0.6) is 0 Å². The van der Waals surface area contributed by atoms with E-state index in [1.165, 1.54) is 12.8 Å². The number of nitrogens with one attached hydrogen (secondary N) is 1. The number of thiophene rings is 1. The maximum absolute atomic E-state index is 11.5. The lowest BCUT2D eigenvalue weighted by Crippen LogP contribution is -2.33. The van der Waals surface area contributed by atoms with Crippen molar-refractivity contribution in [2.45, 2.75) is 12.8 Å². The molecule has 2 heterocycles. The van der Waals surface area contributed by atoms with Gasteiger partial charge in [0, 0.05) is 4.88 Å². The molecule has 0 aromatic carbocycles. The number of rotatable bonds is 4. The Morgan fingerprint density at radius 3 is 3.06 bits per heavy atom. The number of hydrogen-bond acceptors (Lipinski definition) is 4. The van der Waals surface area contributed by atoms with Crippen molar-refractivity contribution in [1.82, 2.24) is 10.3 Å². The normalized spacial score (nSPS) is 17.0. The molecule has 1 aromatic heterocycles. The first-order valence-electron chi connectivity index (χ1n) is 5.42. The molecule has 1 aliphatic rings. The van der Waals surface area contributed by atoms with Crippen LogP contribution in [-0.2, 0) is 4.79 Å². The van der Waals surface area contributed by atoms with Crippen LogP contribution in [0.15, 0.2) is 22.6 Å². The molecule has 1 fully saturated rings. The van der Waals surface area contributed by atoms with Crippen molar-refractivity contribution in [2.75, 3.05) is 19.6 Å². The van der Waals surface area contributed by atoms with Gasteiger partial charge in [-0.1, -0.05) is 6.07 Å². The van der Waals surface area contributed by atoms with E-state index in [0.29, 0.717) is 6.54 Å². The Labute approximate surface area is 99.0 Å². The highest BCUT2D eigenvalue weighted by molar-refractivity contribution is 7.11. The molecule has 1 amide bonds. The highest BCUT2D eigenvalue weighted by atomic mass is 32.1. The molecule has 0 bridgehead atoms. The standard InChI is InChI=1S/C11H15N3OS/c15-11(9-14-5-1-2-6-14)13-12-8-10-4-3-7-16-10/h3-4,7-8H,1-2,5-6,9H2,(H,13,15). The smallest absolute Gasteiger partial charge is 0.254 e. The van der Waals surface area contributed by atoms with Crippen LogP contribution < -0.4 is 5.43 Å². The SMILES string of the molecule is O=C(CN1CCCC1)NN=Cc1cccs1. The summed E-state index contributed by atoms with van der Waals surface area (Å²) in [6.07, 6.45) is 4.07. The van der Waals surface area contributed by atoms with Crippen LogP contribution in [0, 0.1) is 0 Å². The molecule has 1 aliphatic heterocycles. The van der Waals surface area contributed by atoms with Crippen LogP contribution in [0.4, 0.5) is 0 Å². The van der Waals surface area contributed by atoms with Crippen molar-refractivity contribution in [1.29, 1.82) is 0 Å². The van der Waals surface area contributed by atoms with E-state index in [4.69, 9.17) is 0 Å². The molecule has 0 atom stereocenters. The Bertz CT molecular complexity index is 355. The topological polar surface area (TPSA) is 44.7 Å². The van der Waals surface area contributed by atoms with Crippen LogP contribution in [0.2, 0.25) is 0 Å². The number of hydrogen-bond donors (Lipinski definition) is 1. The van der Waals surface area contributed by atoms with Gasteiger partial charge in [0.15, 0.2) is 0 Å². The minimum atomic E-state index is -0.0327. The summed E-state index contributed by atoms with van der Waals surface area (Å²) in [6.45, 7) is 2.52. The zero-order valence-corrected chi connectivity index (χ0v) is 9.87. The number of amides is 1. The molecule has 0 aliphatic carbocycles. The van der Waals surface area contributed by atoms with Crippen molar-refractivity contribution in [3.63, 3.8) is 0 Å². The summed E-state index contributed by atoms with van der Waals surface area (Å²) in [4.78, 5) is 14.7. The first-order chi connectivity index (χ1) is 7.84. The van der Waals surface area contributed by atoms with Crippen molar-refractivity contribution in [3.05, 3.63) is 22.4 Å². The second-order valence-electron chi connectivity index (χ2n) is 3.79. The zero-order chi connectivity index (χ0) is 11.2. The third-order valence-electron chi connectivity index (χ3n) is 2.49. The molecule has 0 spiro atoms. The van der Waals surface area contributed by atoms with Gasteiger partial charge in [0.05, 0.1) is 12.8 Å². The maximum Gasteiger partial charge on any atom is 0.254 e. The van der Waals surface area contributed by atoms with Gasteiger partial charge in [0.2, 0.25) is 0 Å². The number of hydrazone groups is 1. The van der Waals surface area contributed by atoms with Gasteiger partial charge in [-0.3, -0.25) is 9.69 Å². The molecule has 4 nitrogen and oxygen atoms in total. The first kappa shape index (κ1) is 11.3. The summed E-state index contributed by atoms with van der Waals surface area (Å²) < 4.78 is 0. The van der Waals surface area contributed by atoms with E-state index < -0.39 is 0 Å². The molecule has 86 valence electrons. The van der Waals surface area contributed by atoms with Gasteiger partial charge in [-0.05, 0) is 37.4 Å². The highest BCUT2D eigenvalue weighted by Gasteiger charge is 2.14. The largest absolute Gasteiger partial charge is 0.294 e. The Hall–Kier alpha value is -1.20. The van der Waals surface area contributed by atoms with Gasteiger partial charge >= 0.3 is 0 Å². The molecular formula is C11H15N3OS. The Morgan fingerprint density at radius 1 is 1.56 bits per heavy atom. The summed E-state index contributed by atoms with van der Waals surface area (Å²) in [5, 5.41) is 5.89. The van der Waals surface area contributed by atoms with Crippen molar-refractivity contribution >= 4 is 23.5 Å². The van der Waals surface area contributed by atoms with E-state index in [-0.39, 0.29) is 5.91 Å².